The third kappa shape index (κ3) is 4.67. The van der Waals surface area contributed by atoms with E-state index in [0.717, 1.165) is 0 Å². The highest BCUT2D eigenvalue weighted by molar-refractivity contribution is 7.19. The van der Waals surface area contributed by atoms with Gasteiger partial charge in [0.1, 0.15) is 10.6 Å². The predicted octanol–water partition coefficient (Wildman–Crippen LogP) is 4.30. The van der Waals surface area contributed by atoms with Gasteiger partial charge in [0.2, 0.25) is 5.75 Å². The van der Waals surface area contributed by atoms with Crippen LogP contribution in [0.5, 0.6) is 17.2 Å². The number of nitrogens with zero attached hydrogens (tertiary/aromatic N) is 1. The summed E-state index contributed by atoms with van der Waals surface area (Å²) in [5.41, 5.74) is 8.95. The number of amides is 1. The lowest BCUT2D eigenvalue weighted by molar-refractivity contribution is -0.138. The monoisotopic (exact) mass is 528 g/mol. The number of nitrogen functional groups attached to an aromatic ring is 1. The number of esters is 1. The molecule has 0 spiro atoms. The number of rotatable bonds is 8. The van der Waals surface area contributed by atoms with Crippen LogP contribution in [0.15, 0.2) is 34.0 Å². The first-order valence-electron chi connectivity index (χ1n) is 11.4. The molecular weight excluding hydrogens is 500 g/mol. The van der Waals surface area contributed by atoms with Gasteiger partial charge in [-0.05, 0) is 38.5 Å². The van der Waals surface area contributed by atoms with E-state index in [9.17, 15) is 9.59 Å². The van der Waals surface area contributed by atoms with Gasteiger partial charge >= 0.3 is 5.97 Å². The molecule has 0 radical (unpaired) electrons. The Bertz CT molecular complexity index is 1370. The zero-order chi connectivity index (χ0) is 26.9. The number of hydrogen-bond acceptors (Lipinski definition) is 11. The molecule has 1 unspecified atom stereocenters. The molecule has 1 aliphatic rings. The van der Waals surface area contributed by atoms with Crippen LogP contribution in [0.1, 0.15) is 46.3 Å². The fourth-order valence-corrected chi connectivity index (χ4v) is 5.39. The van der Waals surface area contributed by atoms with Gasteiger partial charge in [-0.15, -0.1) is 11.3 Å². The van der Waals surface area contributed by atoms with Gasteiger partial charge in [-0.1, -0.05) is 5.16 Å². The Morgan fingerprint density at radius 2 is 1.81 bits per heavy atom. The molecule has 3 aromatic rings. The first kappa shape index (κ1) is 25.9. The number of ether oxygens (including phenoxy) is 4. The van der Waals surface area contributed by atoms with Gasteiger partial charge in [0, 0.05) is 23.2 Å². The number of aromatic nitrogens is 1. The molecule has 4 N–H and O–H groups in total. The molecule has 37 heavy (non-hydrogen) atoms. The Morgan fingerprint density at radius 3 is 2.35 bits per heavy atom. The molecule has 11 nitrogen and oxygen atoms in total. The molecule has 1 amide bonds. The van der Waals surface area contributed by atoms with E-state index in [1.54, 1.807) is 39.0 Å². The molecule has 196 valence electrons. The Hall–Kier alpha value is -4.19. The van der Waals surface area contributed by atoms with Crippen LogP contribution in [-0.2, 0) is 9.53 Å². The molecule has 1 aromatic carbocycles. The number of anilines is 3. The number of thiophene rings is 1. The van der Waals surface area contributed by atoms with E-state index < -0.39 is 17.8 Å². The lowest BCUT2D eigenvalue weighted by atomic mass is 9.81. The normalized spacial score (nSPS) is 14.5. The van der Waals surface area contributed by atoms with Gasteiger partial charge in [-0.2, -0.15) is 0 Å². The van der Waals surface area contributed by atoms with E-state index in [4.69, 9.17) is 29.2 Å². The summed E-state index contributed by atoms with van der Waals surface area (Å²) in [6.45, 7) is 5.41. The standard InChI is InChI=1S/C25H28N4O7S/c1-7-35-25(31)17-12(3)27-24-19(18(17)13-9-14(32-4)21(34-6)15(10-13)33-5)20(26)22(37-24)23(30)28-16-8-11(2)36-29-16/h8-10,18,27H,7,26H2,1-6H3,(H,28,29,30). The molecular formula is C25H28N4O7S. The first-order valence-corrected chi connectivity index (χ1v) is 12.2. The summed E-state index contributed by atoms with van der Waals surface area (Å²) in [5, 5.41) is 10.4. The average molecular weight is 529 g/mol. The average Bonchev–Trinajstić information content (AvgIpc) is 3.43. The number of carbonyl (C=O) groups excluding carboxylic acids is 2. The van der Waals surface area contributed by atoms with Crippen LogP contribution in [0, 0.1) is 6.92 Å². The van der Waals surface area contributed by atoms with Crippen molar-refractivity contribution in [3.63, 3.8) is 0 Å². The highest BCUT2D eigenvalue weighted by Crippen LogP contribution is 2.52. The van der Waals surface area contributed by atoms with E-state index in [1.807, 2.05) is 0 Å². The zero-order valence-electron chi connectivity index (χ0n) is 21.3. The van der Waals surface area contributed by atoms with Crippen LogP contribution < -0.4 is 30.6 Å². The molecule has 0 aliphatic carbocycles. The quantitative estimate of drug-likeness (QED) is 0.362. The van der Waals surface area contributed by atoms with Crippen molar-refractivity contribution >= 4 is 39.7 Å². The third-order valence-corrected chi connectivity index (χ3v) is 6.99. The van der Waals surface area contributed by atoms with Gasteiger partial charge in [0.05, 0.1) is 44.2 Å². The highest BCUT2D eigenvalue weighted by atomic mass is 32.1. The minimum absolute atomic E-state index is 0.189. The molecule has 0 bridgehead atoms. The maximum Gasteiger partial charge on any atom is 0.336 e. The van der Waals surface area contributed by atoms with Gasteiger partial charge in [-0.3, -0.25) is 4.79 Å². The summed E-state index contributed by atoms with van der Waals surface area (Å²) >= 11 is 1.17. The van der Waals surface area contributed by atoms with E-state index in [1.165, 1.54) is 32.7 Å². The minimum Gasteiger partial charge on any atom is -0.493 e. The number of fused-ring (bicyclic) bond motifs is 1. The fraction of sp³-hybridized carbons (Fsp3) is 0.320. The number of hydrogen-bond donors (Lipinski definition) is 3. The lowest BCUT2D eigenvalue weighted by Gasteiger charge is -2.29. The van der Waals surface area contributed by atoms with Crippen molar-refractivity contribution in [1.82, 2.24) is 5.16 Å². The largest absolute Gasteiger partial charge is 0.493 e. The maximum absolute atomic E-state index is 13.2. The predicted molar refractivity (Wildman–Crippen MR) is 139 cm³/mol. The molecule has 2 aromatic heterocycles. The zero-order valence-corrected chi connectivity index (χ0v) is 22.1. The Balaban J connectivity index is 1.89. The molecule has 0 fully saturated rings. The summed E-state index contributed by atoms with van der Waals surface area (Å²) < 4.78 is 27.0. The van der Waals surface area contributed by atoms with Crippen molar-refractivity contribution in [2.45, 2.75) is 26.7 Å². The number of carbonyl (C=O) groups is 2. The van der Waals surface area contributed by atoms with Crippen LogP contribution in [0.25, 0.3) is 0 Å². The van der Waals surface area contributed by atoms with Crippen molar-refractivity contribution in [3.8, 4) is 17.2 Å². The molecule has 0 saturated heterocycles. The summed E-state index contributed by atoms with van der Waals surface area (Å²) in [7, 11) is 4.53. The Morgan fingerprint density at radius 1 is 1.14 bits per heavy atom. The summed E-state index contributed by atoms with van der Waals surface area (Å²) in [5.74, 6) is 0.397. The van der Waals surface area contributed by atoms with Crippen molar-refractivity contribution in [2.24, 2.45) is 0 Å². The van der Waals surface area contributed by atoms with E-state index >= 15 is 0 Å². The topological polar surface area (TPSA) is 147 Å². The van der Waals surface area contributed by atoms with Crippen LogP contribution in [0.3, 0.4) is 0 Å². The second-order valence-corrected chi connectivity index (χ2v) is 9.16. The lowest BCUT2D eigenvalue weighted by Crippen LogP contribution is -2.24. The van der Waals surface area contributed by atoms with E-state index in [0.29, 0.717) is 50.4 Å². The number of nitrogens with one attached hydrogen (secondary N) is 2. The van der Waals surface area contributed by atoms with Crippen LogP contribution in [0.2, 0.25) is 0 Å². The smallest absolute Gasteiger partial charge is 0.336 e. The number of allylic oxidation sites excluding steroid dienone is 1. The number of nitrogens with two attached hydrogens (primary N) is 1. The molecule has 4 rings (SSSR count). The van der Waals surface area contributed by atoms with Crippen LogP contribution in [-0.4, -0.2) is 45.0 Å². The molecule has 0 saturated carbocycles. The van der Waals surface area contributed by atoms with Gasteiger partial charge in [-0.25, -0.2) is 4.79 Å². The van der Waals surface area contributed by atoms with Gasteiger partial charge < -0.3 is 39.8 Å². The third-order valence-electron chi connectivity index (χ3n) is 5.86. The number of benzene rings is 1. The summed E-state index contributed by atoms with van der Waals surface area (Å²) in [4.78, 5) is 26.6. The van der Waals surface area contributed by atoms with Gasteiger partial charge in [0.25, 0.3) is 5.91 Å². The van der Waals surface area contributed by atoms with Crippen molar-refractivity contribution in [1.29, 1.82) is 0 Å². The Kier molecular flexibility index (Phi) is 7.30. The number of aryl methyl sites for hydroxylation is 1. The summed E-state index contributed by atoms with van der Waals surface area (Å²) in [6.07, 6.45) is 0. The first-order chi connectivity index (χ1) is 17.7. The molecule has 1 atom stereocenters. The van der Waals surface area contributed by atoms with Crippen LogP contribution in [0.4, 0.5) is 16.5 Å². The summed E-state index contributed by atoms with van der Waals surface area (Å²) in [6, 6.07) is 5.11. The second-order valence-electron chi connectivity index (χ2n) is 8.14. The van der Waals surface area contributed by atoms with E-state index in [2.05, 4.69) is 15.8 Å². The molecule has 3 heterocycles. The SMILES string of the molecule is CCOC(=O)C1=C(C)Nc2sc(C(=O)Nc3cc(C)on3)c(N)c2C1c1cc(OC)c(OC)c(OC)c1. The van der Waals surface area contributed by atoms with Crippen molar-refractivity contribution in [2.75, 3.05) is 44.3 Å². The minimum atomic E-state index is -0.684. The second kappa shape index (κ2) is 10.4. The molecule has 1 aliphatic heterocycles. The number of methoxy groups -OCH3 is 3. The van der Waals surface area contributed by atoms with Gasteiger partial charge in [0.15, 0.2) is 17.3 Å². The van der Waals surface area contributed by atoms with Crippen molar-refractivity contribution in [3.05, 3.63) is 51.2 Å². The Labute approximate surface area is 217 Å². The van der Waals surface area contributed by atoms with Crippen LogP contribution >= 0.6 is 11.3 Å². The highest BCUT2D eigenvalue weighted by Gasteiger charge is 2.39. The molecule has 12 heteroatoms. The van der Waals surface area contributed by atoms with Crippen molar-refractivity contribution < 1.29 is 33.1 Å². The fourth-order valence-electron chi connectivity index (χ4n) is 4.28. The maximum atomic E-state index is 13.2. The van der Waals surface area contributed by atoms with E-state index in [-0.39, 0.29) is 23.0 Å².